The van der Waals surface area contributed by atoms with Crippen LogP contribution < -0.4 is 10.6 Å². The van der Waals surface area contributed by atoms with E-state index in [4.69, 9.17) is 23.2 Å². The number of hydrogen-bond acceptors (Lipinski definition) is 4. The van der Waals surface area contributed by atoms with Gasteiger partial charge in [0, 0.05) is 16.5 Å². The van der Waals surface area contributed by atoms with Crippen LogP contribution in [0.4, 0.5) is 10.5 Å². The topological polar surface area (TPSA) is 71.8 Å². The summed E-state index contributed by atoms with van der Waals surface area (Å²) in [5.41, 5.74) is 6.11. The van der Waals surface area contributed by atoms with Crippen LogP contribution in [0.1, 0.15) is 28.1 Å². The van der Waals surface area contributed by atoms with Gasteiger partial charge in [0.15, 0.2) is 11.0 Å². The number of aromatic nitrogens is 3. The lowest BCUT2D eigenvalue weighted by molar-refractivity contribution is 0.251. The molecule has 6 nitrogen and oxygen atoms in total. The van der Waals surface area contributed by atoms with Gasteiger partial charge in [-0.05, 0) is 73.4 Å². The van der Waals surface area contributed by atoms with Crippen LogP contribution >= 0.6 is 35.0 Å². The van der Waals surface area contributed by atoms with E-state index in [0.717, 1.165) is 17.0 Å². The molecule has 0 bridgehead atoms. The second-order valence-corrected chi connectivity index (χ2v) is 9.94. The quantitative estimate of drug-likeness (QED) is 0.252. The lowest BCUT2D eigenvalue weighted by Gasteiger charge is -2.13. The summed E-state index contributed by atoms with van der Waals surface area (Å²) in [5, 5.41) is 16.2. The highest BCUT2D eigenvalue weighted by atomic mass is 35.5. The Bertz CT molecular complexity index is 1370. The molecule has 2 N–H and O–H groups in total. The van der Waals surface area contributed by atoms with Crippen LogP contribution in [0, 0.1) is 20.8 Å². The Morgan fingerprint density at radius 3 is 2.49 bits per heavy atom. The number of carbonyl (C=O) groups excluding carboxylic acids is 1. The Kier molecular flexibility index (Phi) is 8.00. The lowest BCUT2D eigenvalue weighted by atomic mass is 10.1. The van der Waals surface area contributed by atoms with Crippen molar-refractivity contribution in [1.29, 1.82) is 0 Å². The number of carbonyl (C=O) groups is 1. The monoisotopic (exact) mass is 525 g/mol. The molecule has 35 heavy (non-hydrogen) atoms. The zero-order chi connectivity index (χ0) is 24.9. The fourth-order valence-electron chi connectivity index (χ4n) is 3.48. The zero-order valence-corrected chi connectivity index (χ0v) is 21.9. The van der Waals surface area contributed by atoms with Gasteiger partial charge < -0.3 is 10.6 Å². The molecule has 0 aliphatic rings. The van der Waals surface area contributed by atoms with Gasteiger partial charge in [0.2, 0.25) is 0 Å². The summed E-state index contributed by atoms with van der Waals surface area (Å²) in [6.45, 7) is 6.28. The van der Waals surface area contributed by atoms with Crippen molar-refractivity contribution in [2.24, 2.45) is 0 Å². The SMILES string of the molecule is Cc1ccc(NC(=O)NCc2nnc(SCc3ccccc3C)n2-c2ccc(Cl)cc2Cl)cc1C. The first-order chi connectivity index (χ1) is 16.8. The van der Waals surface area contributed by atoms with Crippen molar-refractivity contribution in [3.8, 4) is 5.69 Å². The number of thioether (sulfide) groups is 1. The van der Waals surface area contributed by atoms with Crippen LogP contribution in [0.15, 0.2) is 65.8 Å². The largest absolute Gasteiger partial charge is 0.331 e. The molecule has 0 spiro atoms. The van der Waals surface area contributed by atoms with Crippen molar-refractivity contribution in [3.63, 3.8) is 0 Å². The van der Waals surface area contributed by atoms with Crippen LogP contribution in [0.5, 0.6) is 0 Å². The Hall–Kier alpha value is -3.00. The minimum Gasteiger partial charge on any atom is -0.331 e. The Labute approximate surface area is 219 Å². The number of rotatable bonds is 7. The van der Waals surface area contributed by atoms with E-state index in [1.165, 1.54) is 16.7 Å². The van der Waals surface area contributed by atoms with E-state index >= 15 is 0 Å². The molecule has 3 aromatic carbocycles. The summed E-state index contributed by atoms with van der Waals surface area (Å²) in [5.74, 6) is 1.27. The molecule has 4 aromatic rings. The third-order valence-electron chi connectivity index (χ3n) is 5.64. The Morgan fingerprint density at radius 1 is 0.943 bits per heavy atom. The highest BCUT2D eigenvalue weighted by Crippen LogP contribution is 2.31. The van der Waals surface area contributed by atoms with E-state index in [0.29, 0.717) is 26.7 Å². The summed E-state index contributed by atoms with van der Waals surface area (Å²) in [6, 6.07) is 18.9. The van der Waals surface area contributed by atoms with Crippen molar-refractivity contribution in [2.45, 2.75) is 38.2 Å². The molecule has 0 fully saturated rings. The van der Waals surface area contributed by atoms with Crippen LogP contribution in [0.2, 0.25) is 10.0 Å². The van der Waals surface area contributed by atoms with Gasteiger partial charge in [-0.1, -0.05) is 65.3 Å². The third kappa shape index (κ3) is 6.17. The molecule has 180 valence electrons. The number of anilines is 1. The van der Waals surface area contributed by atoms with Crippen LogP contribution in [-0.4, -0.2) is 20.8 Å². The predicted octanol–water partition coefficient (Wildman–Crippen LogP) is 7.11. The maximum absolute atomic E-state index is 12.6. The van der Waals surface area contributed by atoms with Gasteiger partial charge in [-0.25, -0.2) is 4.79 Å². The molecule has 0 unspecified atom stereocenters. The highest BCUT2D eigenvalue weighted by Gasteiger charge is 2.18. The van der Waals surface area contributed by atoms with Crippen molar-refractivity contribution in [3.05, 3.63) is 98.8 Å². The van der Waals surface area contributed by atoms with Crippen molar-refractivity contribution >= 4 is 46.7 Å². The van der Waals surface area contributed by atoms with Crippen LogP contribution in [-0.2, 0) is 12.3 Å². The van der Waals surface area contributed by atoms with Gasteiger partial charge in [0.25, 0.3) is 0 Å². The van der Waals surface area contributed by atoms with E-state index in [1.54, 1.807) is 23.9 Å². The van der Waals surface area contributed by atoms with Crippen LogP contribution in [0.3, 0.4) is 0 Å². The van der Waals surface area contributed by atoms with Crippen molar-refractivity contribution in [2.75, 3.05) is 5.32 Å². The first-order valence-corrected chi connectivity index (χ1v) is 12.7. The number of amides is 2. The Morgan fingerprint density at radius 2 is 1.74 bits per heavy atom. The molecule has 9 heteroatoms. The van der Waals surface area contributed by atoms with Crippen molar-refractivity contribution < 1.29 is 4.79 Å². The first-order valence-electron chi connectivity index (χ1n) is 11.0. The van der Waals surface area contributed by atoms with E-state index in [-0.39, 0.29) is 12.6 Å². The number of hydrogen-bond donors (Lipinski definition) is 2. The summed E-state index contributed by atoms with van der Waals surface area (Å²) >= 11 is 14.2. The van der Waals surface area contributed by atoms with Gasteiger partial charge in [0.1, 0.15) is 0 Å². The standard InChI is InChI=1S/C26H25Cl2N5OS/c1-16-8-10-21(12-18(16)3)30-25(34)29-14-24-31-32-26(35-15-19-7-5-4-6-17(19)2)33(24)23-11-9-20(27)13-22(23)28/h4-13H,14-15H2,1-3H3,(H2,29,30,34). The molecule has 0 aliphatic carbocycles. The van der Waals surface area contributed by atoms with E-state index in [1.807, 2.05) is 54.8 Å². The zero-order valence-electron chi connectivity index (χ0n) is 19.6. The fourth-order valence-corrected chi connectivity index (χ4v) is 5.01. The number of benzene rings is 3. The van der Waals surface area contributed by atoms with Gasteiger partial charge in [-0.3, -0.25) is 4.57 Å². The molecule has 0 saturated heterocycles. The molecule has 0 radical (unpaired) electrons. The second-order valence-electron chi connectivity index (χ2n) is 8.15. The molecule has 0 saturated carbocycles. The smallest absolute Gasteiger partial charge is 0.319 e. The van der Waals surface area contributed by atoms with E-state index < -0.39 is 0 Å². The number of nitrogens with zero attached hydrogens (tertiary/aromatic N) is 3. The molecular formula is C26H25Cl2N5OS. The fraction of sp³-hybridized carbons (Fsp3) is 0.192. The second kappa shape index (κ2) is 11.2. The predicted molar refractivity (Wildman–Crippen MR) is 144 cm³/mol. The molecular weight excluding hydrogens is 501 g/mol. The van der Waals surface area contributed by atoms with Gasteiger partial charge in [-0.2, -0.15) is 0 Å². The number of nitrogens with one attached hydrogen (secondary N) is 2. The minimum absolute atomic E-state index is 0.160. The van der Waals surface area contributed by atoms with Crippen LogP contribution in [0.25, 0.3) is 5.69 Å². The van der Waals surface area contributed by atoms with E-state index in [2.05, 4.69) is 39.9 Å². The summed E-state index contributed by atoms with van der Waals surface area (Å²) < 4.78 is 1.86. The minimum atomic E-state index is -0.334. The Balaban J connectivity index is 1.55. The molecule has 1 aromatic heterocycles. The summed E-state index contributed by atoms with van der Waals surface area (Å²) in [4.78, 5) is 12.6. The molecule has 2 amide bonds. The van der Waals surface area contributed by atoms with E-state index in [9.17, 15) is 4.79 Å². The molecule has 1 heterocycles. The first kappa shape index (κ1) is 25.1. The third-order valence-corrected chi connectivity index (χ3v) is 7.16. The number of halogens is 2. The van der Waals surface area contributed by atoms with Gasteiger partial charge >= 0.3 is 6.03 Å². The normalized spacial score (nSPS) is 10.9. The van der Waals surface area contributed by atoms with Crippen molar-refractivity contribution in [1.82, 2.24) is 20.1 Å². The average Bonchev–Trinajstić information content (AvgIpc) is 3.22. The maximum Gasteiger partial charge on any atom is 0.319 e. The highest BCUT2D eigenvalue weighted by molar-refractivity contribution is 7.98. The lowest BCUT2D eigenvalue weighted by Crippen LogP contribution is -2.29. The summed E-state index contributed by atoms with van der Waals surface area (Å²) in [6.07, 6.45) is 0. The average molecular weight is 526 g/mol. The van der Waals surface area contributed by atoms with Gasteiger partial charge in [-0.15, -0.1) is 10.2 Å². The maximum atomic E-state index is 12.6. The molecule has 0 aliphatic heterocycles. The summed E-state index contributed by atoms with van der Waals surface area (Å²) in [7, 11) is 0. The molecule has 0 atom stereocenters. The number of aryl methyl sites for hydroxylation is 3. The number of urea groups is 1. The molecule has 4 rings (SSSR count). The van der Waals surface area contributed by atoms with Gasteiger partial charge in [0.05, 0.1) is 17.3 Å².